The van der Waals surface area contributed by atoms with E-state index in [-0.39, 0.29) is 86.7 Å². The number of H-pyrrole nitrogens is 4. The second kappa shape index (κ2) is 47.7. The molecule has 0 unspecified atom stereocenters. The van der Waals surface area contributed by atoms with Crippen molar-refractivity contribution in [3.63, 3.8) is 0 Å². The summed E-state index contributed by atoms with van der Waals surface area (Å²) in [5.41, 5.74) is 21.0. The minimum absolute atomic E-state index is 0.109. The van der Waals surface area contributed by atoms with Crippen molar-refractivity contribution in [1.82, 2.24) is 44.8 Å². The number of hydrogen-bond donors (Lipinski definition) is 10. The van der Waals surface area contributed by atoms with Gasteiger partial charge in [-0.15, -0.1) is 0 Å². The summed E-state index contributed by atoms with van der Waals surface area (Å²) in [5, 5.41) is 29.4. The van der Waals surface area contributed by atoms with Crippen molar-refractivity contribution >= 4 is 69.1 Å². The minimum atomic E-state index is -0.373. The highest BCUT2D eigenvalue weighted by atomic mass is 16.3. The monoisotopic (exact) mass is 1810 g/mol. The maximum Gasteiger partial charge on any atom is 0.271 e. The van der Waals surface area contributed by atoms with Gasteiger partial charge in [0, 0.05) is 187 Å². The lowest BCUT2D eigenvalue weighted by atomic mass is 9.92. The van der Waals surface area contributed by atoms with Crippen LogP contribution in [-0.2, 0) is 25.8 Å². The molecule has 0 aliphatic carbocycles. The van der Waals surface area contributed by atoms with Crippen LogP contribution in [0.2, 0.25) is 0 Å². The van der Waals surface area contributed by atoms with Gasteiger partial charge in [-0.05, 0) is 319 Å². The minimum Gasteiger partial charge on any atom is -0.396 e. The van der Waals surface area contributed by atoms with Crippen LogP contribution in [0.25, 0.3) is 45.0 Å². The summed E-state index contributed by atoms with van der Waals surface area (Å²) in [6.07, 6.45) is 25.3. The Hall–Kier alpha value is -14.3. The summed E-state index contributed by atoms with van der Waals surface area (Å²) < 4.78 is 0. The zero-order valence-electron chi connectivity index (χ0n) is 77.5. The number of nitrogens with zero attached hydrogens (tertiary/aromatic N) is 10. The zero-order valence-corrected chi connectivity index (χ0v) is 77.5. The Morgan fingerprint density at radius 3 is 0.970 bits per heavy atom. The average Bonchev–Trinajstić information content (AvgIpc) is 0.826. The van der Waals surface area contributed by atoms with Crippen LogP contribution in [0.15, 0.2) is 238 Å². The van der Waals surface area contributed by atoms with E-state index in [0.717, 1.165) is 140 Å². The molecule has 11 N–H and O–H groups in total. The molecule has 0 bridgehead atoms. The number of aliphatic hydroxyl groups excluding tert-OH is 1. The molecule has 4 fully saturated rings. The van der Waals surface area contributed by atoms with Gasteiger partial charge in [0.15, 0.2) is 0 Å². The summed E-state index contributed by atoms with van der Waals surface area (Å²) in [4.78, 5) is 142. The molecule has 0 saturated carbocycles. The van der Waals surface area contributed by atoms with Gasteiger partial charge < -0.3 is 76.5 Å². The maximum absolute atomic E-state index is 12.9. The number of rotatable bonds is 28. The van der Waals surface area contributed by atoms with Gasteiger partial charge in [0.05, 0.1) is 34.5 Å². The van der Waals surface area contributed by atoms with E-state index in [0.29, 0.717) is 76.5 Å². The maximum atomic E-state index is 12.9. The van der Waals surface area contributed by atoms with E-state index in [1.54, 1.807) is 85.5 Å². The quantitative estimate of drug-likeness (QED) is 0.0204. The standard InChI is InChI=1S/C28H34N4O3.C27H33N5O2.C26H27N5O2.C25H29N5O2/c1-19(2)22(18-33)15-23-7-6-8-25(30-23)21-16-26(28(35)29-17-21)31-27(34)20-9-11-24(12-10-20)32-13-4-3-5-14-32;1-27(2,28)14-13-21-7-6-8-23(30-21)20-17-24(26(34)29-18-20)31-25(33)19-9-11-22(12-10-19)32-15-4-3-5-16-32;27-14-3-2-7-21-8-6-9-23(29-21)20-17-24(26(33)28-18-20)30-25(32)19-10-12-22(13-11-19)31-15-4-1-5-16-31;1-29(2)17-20-7-6-8-22(27-20)19-15-23(25(32)26-16-19)28-24(31)18-9-11-21(12-10-18)30-13-4-3-5-14-30/h6-12,16-17,19,22,33H,3-5,13-15,18H2,1-2H3,(H,29,35)(H,31,34);6-12,17-18H,3-5,13-16,28H2,1-2H3,(H,29,34)(H,31,33);6,8-13,17-18H,1-5,7,15-16H2,(H,28,33)(H,30,32);6-12,15-16H,3-5,13-14,17H2,1-2H3,(H,26,32)(H,28,31)/t22-;;;/m1.../s1. The number of pyridine rings is 8. The van der Waals surface area contributed by atoms with Gasteiger partial charge in [0.25, 0.3) is 45.9 Å². The number of nitrogens with two attached hydrogens (primary N) is 1. The molecule has 0 spiro atoms. The van der Waals surface area contributed by atoms with E-state index in [1.807, 2.05) is 166 Å². The number of unbranched alkanes of at least 4 members (excludes halogenated alkanes) is 1. The van der Waals surface area contributed by atoms with E-state index in [2.05, 4.69) is 90.7 Å². The van der Waals surface area contributed by atoms with Crippen LogP contribution in [0.4, 0.5) is 45.5 Å². The Labute approximate surface area is 782 Å². The van der Waals surface area contributed by atoms with Gasteiger partial charge in [0.1, 0.15) is 22.7 Å². The molecule has 16 rings (SSSR count). The van der Waals surface area contributed by atoms with Crippen molar-refractivity contribution in [1.29, 1.82) is 5.26 Å². The Morgan fingerprint density at radius 1 is 0.418 bits per heavy atom. The molecule has 4 saturated heterocycles. The number of benzene rings is 4. The molecule has 1 atom stereocenters. The molecule has 12 heterocycles. The third-order valence-electron chi connectivity index (χ3n) is 24.3. The molecule has 4 amide bonds. The van der Waals surface area contributed by atoms with E-state index in [4.69, 9.17) is 21.0 Å². The van der Waals surface area contributed by atoms with Crippen molar-refractivity contribution in [2.45, 2.75) is 155 Å². The number of carbonyl (C=O) groups is 4. The van der Waals surface area contributed by atoms with Gasteiger partial charge in [-0.1, -0.05) is 38.1 Å². The van der Waals surface area contributed by atoms with Gasteiger partial charge in [-0.3, -0.25) is 58.3 Å². The van der Waals surface area contributed by atoms with Crippen LogP contribution in [0, 0.1) is 23.2 Å². The van der Waals surface area contributed by atoms with Crippen LogP contribution >= 0.6 is 0 Å². The van der Waals surface area contributed by atoms with Crippen molar-refractivity contribution in [3.8, 4) is 51.1 Å². The normalized spacial score (nSPS) is 14.0. The molecular formula is C106H123N19O9. The van der Waals surface area contributed by atoms with Gasteiger partial charge in [-0.2, -0.15) is 5.26 Å². The first-order chi connectivity index (χ1) is 64.8. The highest BCUT2D eigenvalue weighted by molar-refractivity contribution is 6.07. The number of piperidine rings is 4. The number of nitriles is 1. The van der Waals surface area contributed by atoms with Gasteiger partial charge in [0.2, 0.25) is 0 Å². The van der Waals surface area contributed by atoms with Crippen LogP contribution in [0.1, 0.15) is 188 Å². The molecular weight excluding hydrogens is 1680 g/mol. The van der Waals surface area contributed by atoms with Crippen LogP contribution in [-0.4, -0.2) is 152 Å². The summed E-state index contributed by atoms with van der Waals surface area (Å²) in [6.45, 7) is 17.4. The second-order valence-corrected chi connectivity index (χ2v) is 35.9. The topological polar surface area (TPSA) is 386 Å². The third-order valence-corrected chi connectivity index (χ3v) is 24.3. The van der Waals surface area contributed by atoms with E-state index in [9.17, 15) is 43.5 Å². The number of aromatic amines is 4. The van der Waals surface area contributed by atoms with E-state index < -0.39 is 0 Å². The Bertz CT molecular complexity index is 6230. The summed E-state index contributed by atoms with van der Waals surface area (Å²) in [5.74, 6) is -0.825. The van der Waals surface area contributed by atoms with Crippen molar-refractivity contribution < 1.29 is 24.3 Å². The average molecular weight is 1810 g/mol. The van der Waals surface area contributed by atoms with E-state index in [1.165, 1.54) is 77.0 Å². The summed E-state index contributed by atoms with van der Waals surface area (Å²) in [7, 11) is 3.97. The molecule has 12 aromatic rings. The largest absolute Gasteiger partial charge is 0.396 e. The Kier molecular flexibility index (Phi) is 34.6. The molecule has 4 aliphatic heterocycles. The van der Waals surface area contributed by atoms with Gasteiger partial charge >= 0.3 is 0 Å². The number of aryl methyl sites for hydroxylation is 2. The molecule has 4 aliphatic rings. The number of amides is 4. The molecule has 28 heteroatoms. The number of nitrogens with one attached hydrogen (secondary N) is 8. The van der Waals surface area contributed by atoms with Crippen LogP contribution in [0.3, 0.4) is 0 Å². The fourth-order valence-electron chi connectivity index (χ4n) is 16.5. The highest BCUT2D eigenvalue weighted by Gasteiger charge is 2.23. The first-order valence-electron chi connectivity index (χ1n) is 46.7. The van der Waals surface area contributed by atoms with Crippen molar-refractivity contribution in [2.24, 2.45) is 17.6 Å². The molecule has 28 nitrogen and oxygen atoms in total. The lowest BCUT2D eigenvalue weighted by molar-refractivity contribution is 0.101. The third kappa shape index (κ3) is 28.1. The zero-order chi connectivity index (χ0) is 94.5. The summed E-state index contributed by atoms with van der Waals surface area (Å²) >= 11 is 0. The van der Waals surface area contributed by atoms with Gasteiger partial charge in [-0.25, -0.2) is 0 Å². The predicted molar refractivity (Wildman–Crippen MR) is 535 cm³/mol. The molecule has 0 radical (unpaired) electrons. The molecule has 4 aromatic carbocycles. The first-order valence-corrected chi connectivity index (χ1v) is 46.7. The number of carbonyl (C=O) groups excluding carboxylic acids is 4. The SMILES string of the molecule is CC(C)(N)CCc1cccc(-c2c[nH]c(=O)c(NC(=O)c3ccc(N4CCCCC4)cc3)c2)n1.CC(C)[C@@H](CO)Cc1cccc(-c2c[nH]c(=O)c(NC(=O)c3ccc(N4CCCCC4)cc3)c2)n1.CN(C)Cc1cccc(-c2c[nH]c(=O)c(NC(=O)c3ccc(N4CCCCC4)cc3)c2)n1.N#CCCCc1cccc(-c2c[nH]c(=O)c(NC(=O)c3ccc(N4CCCCC4)cc3)c2)n1. The lowest BCUT2D eigenvalue weighted by Gasteiger charge is -2.28. The fourth-order valence-corrected chi connectivity index (χ4v) is 16.5. The van der Waals surface area contributed by atoms with Crippen molar-refractivity contribution in [2.75, 3.05) is 114 Å². The molecule has 8 aromatic heterocycles. The number of hydrogen-bond acceptors (Lipinski definition) is 20. The smallest absolute Gasteiger partial charge is 0.271 e. The highest BCUT2D eigenvalue weighted by Crippen LogP contribution is 2.30. The fraction of sp³-hybridized carbons (Fsp3) is 0.349. The lowest BCUT2D eigenvalue weighted by Crippen LogP contribution is -2.32. The van der Waals surface area contributed by atoms with Crippen LogP contribution < -0.4 is 68.8 Å². The summed E-state index contributed by atoms with van der Waals surface area (Å²) in [6, 6.07) is 61.9. The molecule has 696 valence electrons. The molecule has 134 heavy (non-hydrogen) atoms. The van der Waals surface area contributed by atoms with Crippen molar-refractivity contribution in [3.05, 3.63) is 305 Å². The second-order valence-electron chi connectivity index (χ2n) is 35.9. The first kappa shape index (κ1) is 97.3. The number of aromatic nitrogens is 8. The predicted octanol–water partition coefficient (Wildman–Crippen LogP) is 17.1. The Morgan fingerprint density at radius 2 is 0.694 bits per heavy atom. The Balaban J connectivity index is 0.000000152. The number of anilines is 8. The van der Waals surface area contributed by atoms with Crippen LogP contribution in [0.5, 0.6) is 0 Å². The number of aliphatic hydroxyl groups is 1. The van der Waals surface area contributed by atoms with E-state index >= 15 is 0 Å².